The van der Waals surface area contributed by atoms with E-state index in [1.54, 1.807) is 25.7 Å². The number of nitrogens with one attached hydrogen (secondary N) is 1. The van der Waals surface area contributed by atoms with Crippen molar-refractivity contribution >= 4 is 33.5 Å². The third-order valence-corrected chi connectivity index (χ3v) is 8.06. The Morgan fingerprint density at radius 3 is 2.32 bits per heavy atom. The summed E-state index contributed by atoms with van der Waals surface area (Å²) < 4.78 is 56.1. The molecular formula is C30H38FN3O6S. The van der Waals surface area contributed by atoms with E-state index in [2.05, 4.69) is 20.8 Å². The fraction of sp³-hybridized carbons (Fsp3) is 0.467. The average Bonchev–Trinajstić information content (AvgIpc) is 3.40. The van der Waals surface area contributed by atoms with Crippen molar-refractivity contribution in [2.45, 2.75) is 72.6 Å². The molecule has 1 unspecified atom stereocenters. The Bertz CT molecular complexity index is 1450. The number of carbonyl (C=O) groups excluding carboxylic acids is 2. The maximum Gasteiger partial charge on any atom is 0.411 e. The third-order valence-electron chi connectivity index (χ3n) is 6.68. The maximum absolute atomic E-state index is 16.4. The van der Waals surface area contributed by atoms with Gasteiger partial charge in [-0.25, -0.2) is 18.2 Å². The topological polar surface area (TPSA) is 105 Å². The first-order chi connectivity index (χ1) is 19.0. The Labute approximate surface area is 241 Å². The smallest absolute Gasteiger partial charge is 0.411 e. The molecule has 1 N–H and O–H groups in total. The highest BCUT2D eigenvalue weighted by atomic mass is 32.2. The van der Waals surface area contributed by atoms with E-state index in [4.69, 9.17) is 9.47 Å². The SMILES string of the molecule is CC(C)(C)CCC1C=C(c2ccc(OCc3ccccc3)c(N3CC(=O)NS3(=O)=O)c2F)CN1C(=O)OC(C)(C)C. The molecule has 0 spiro atoms. The molecule has 2 aliphatic heterocycles. The predicted octanol–water partition coefficient (Wildman–Crippen LogP) is 5.41. The number of rotatable bonds is 7. The quantitative estimate of drug-likeness (QED) is 0.464. The van der Waals surface area contributed by atoms with Crippen LogP contribution in [0.25, 0.3) is 5.57 Å². The van der Waals surface area contributed by atoms with Crippen LogP contribution in [0.2, 0.25) is 0 Å². The molecule has 9 nitrogen and oxygen atoms in total. The summed E-state index contributed by atoms with van der Waals surface area (Å²) in [5.41, 5.74) is 0.367. The van der Waals surface area contributed by atoms with E-state index in [1.807, 2.05) is 41.1 Å². The first kappa shape index (κ1) is 30.4. The Morgan fingerprint density at radius 1 is 1.05 bits per heavy atom. The van der Waals surface area contributed by atoms with E-state index in [0.717, 1.165) is 12.0 Å². The summed E-state index contributed by atoms with van der Waals surface area (Å²) in [5.74, 6) is -1.66. The predicted molar refractivity (Wildman–Crippen MR) is 155 cm³/mol. The lowest BCUT2D eigenvalue weighted by atomic mass is 9.88. The minimum atomic E-state index is -4.33. The highest BCUT2D eigenvalue weighted by Crippen LogP contribution is 2.41. The standard InChI is InChI=1S/C30H38FN3O6S/c1-29(2,3)15-14-22-16-21(17-33(22)28(36)40-30(4,5)6)23-12-13-24(39-19-20-10-8-7-9-11-20)27(26(23)31)34-18-25(35)32-41(34,37)38/h7-13,16,22H,14-15,17-19H2,1-6H3,(H,32,35). The van der Waals surface area contributed by atoms with Crippen LogP contribution >= 0.6 is 0 Å². The van der Waals surface area contributed by atoms with Crippen LogP contribution in [0.4, 0.5) is 14.9 Å². The number of nitrogens with zero attached hydrogens (tertiary/aromatic N) is 2. The molecule has 2 aromatic rings. The monoisotopic (exact) mass is 587 g/mol. The van der Waals surface area contributed by atoms with Gasteiger partial charge in [-0.15, -0.1) is 0 Å². The number of carbonyl (C=O) groups is 2. The van der Waals surface area contributed by atoms with Crippen molar-refractivity contribution in [2.24, 2.45) is 5.41 Å². The van der Waals surface area contributed by atoms with Crippen LogP contribution in [0.15, 0.2) is 48.5 Å². The van der Waals surface area contributed by atoms with E-state index in [9.17, 15) is 18.0 Å². The fourth-order valence-corrected chi connectivity index (χ4v) is 5.88. The molecular weight excluding hydrogens is 549 g/mol. The van der Waals surface area contributed by atoms with Gasteiger partial charge in [-0.3, -0.25) is 9.69 Å². The number of ether oxygens (including phenoxy) is 2. The van der Waals surface area contributed by atoms with Gasteiger partial charge in [0.25, 0.3) is 5.91 Å². The molecule has 222 valence electrons. The van der Waals surface area contributed by atoms with Crippen LogP contribution in [0.3, 0.4) is 0 Å². The largest absolute Gasteiger partial charge is 0.487 e. The summed E-state index contributed by atoms with van der Waals surface area (Å²) in [6.45, 7) is 11.2. The molecule has 41 heavy (non-hydrogen) atoms. The van der Waals surface area contributed by atoms with Gasteiger partial charge in [-0.1, -0.05) is 57.2 Å². The number of amides is 2. The lowest BCUT2D eigenvalue weighted by Gasteiger charge is -2.30. The normalized spacial score (nSPS) is 18.8. The molecule has 0 bridgehead atoms. The maximum atomic E-state index is 16.4. The first-order valence-electron chi connectivity index (χ1n) is 13.6. The van der Waals surface area contributed by atoms with E-state index < -0.39 is 40.2 Å². The van der Waals surface area contributed by atoms with Crippen LogP contribution in [-0.2, 0) is 26.3 Å². The Balaban J connectivity index is 1.73. The molecule has 4 rings (SSSR count). The Morgan fingerprint density at radius 2 is 1.73 bits per heavy atom. The molecule has 2 heterocycles. The van der Waals surface area contributed by atoms with Crippen molar-refractivity contribution < 1.29 is 31.9 Å². The van der Waals surface area contributed by atoms with Gasteiger partial charge in [-0.2, -0.15) is 8.42 Å². The van der Waals surface area contributed by atoms with Crippen molar-refractivity contribution in [3.8, 4) is 5.75 Å². The van der Waals surface area contributed by atoms with Gasteiger partial charge < -0.3 is 9.47 Å². The van der Waals surface area contributed by atoms with E-state index in [0.29, 0.717) is 16.3 Å². The zero-order valence-electron chi connectivity index (χ0n) is 24.4. The van der Waals surface area contributed by atoms with Crippen LogP contribution in [0, 0.1) is 11.2 Å². The van der Waals surface area contributed by atoms with Crippen LogP contribution in [-0.4, -0.2) is 50.1 Å². The van der Waals surface area contributed by atoms with Gasteiger partial charge in [-0.05, 0) is 62.3 Å². The van der Waals surface area contributed by atoms with Crippen LogP contribution in [0.1, 0.15) is 65.5 Å². The zero-order valence-corrected chi connectivity index (χ0v) is 25.2. The average molecular weight is 588 g/mol. The molecule has 2 amide bonds. The second-order valence-corrected chi connectivity index (χ2v) is 14.1. The zero-order chi connectivity index (χ0) is 30.2. The highest BCUT2D eigenvalue weighted by molar-refractivity contribution is 7.92. The summed E-state index contributed by atoms with van der Waals surface area (Å²) >= 11 is 0. The lowest BCUT2D eigenvalue weighted by molar-refractivity contribution is -0.117. The number of benzene rings is 2. The van der Waals surface area contributed by atoms with Gasteiger partial charge in [0.05, 0.1) is 12.6 Å². The lowest BCUT2D eigenvalue weighted by Crippen LogP contribution is -2.40. The van der Waals surface area contributed by atoms with E-state index in [1.165, 1.54) is 12.1 Å². The van der Waals surface area contributed by atoms with Gasteiger partial charge >= 0.3 is 16.3 Å². The van der Waals surface area contributed by atoms with Crippen LogP contribution in [0.5, 0.6) is 5.75 Å². The molecule has 1 atom stereocenters. The molecule has 1 saturated heterocycles. The molecule has 0 aromatic heterocycles. The van der Waals surface area contributed by atoms with Crippen molar-refractivity contribution in [2.75, 3.05) is 17.4 Å². The third kappa shape index (κ3) is 7.38. The number of hydrogen-bond donors (Lipinski definition) is 1. The number of hydrogen-bond acceptors (Lipinski definition) is 6. The summed E-state index contributed by atoms with van der Waals surface area (Å²) in [7, 11) is -4.33. The fourth-order valence-electron chi connectivity index (χ4n) is 4.72. The molecule has 2 aromatic carbocycles. The van der Waals surface area contributed by atoms with Gasteiger partial charge in [0.2, 0.25) is 0 Å². The van der Waals surface area contributed by atoms with Gasteiger partial charge in [0, 0.05) is 5.56 Å². The van der Waals surface area contributed by atoms with E-state index in [-0.39, 0.29) is 41.6 Å². The molecule has 11 heteroatoms. The molecule has 0 saturated carbocycles. The summed E-state index contributed by atoms with van der Waals surface area (Å²) in [6, 6.07) is 11.8. The number of anilines is 1. The molecule has 0 aliphatic carbocycles. The summed E-state index contributed by atoms with van der Waals surface area (Å²) in [6.07, 6.45) is 2.77. The van der Waals surface area contributed by atoms with Crippen molar-refractivity contribution in [3.63, 3.8) is 0 Å². The summed E-state index contributed by atoms with van der Waals surface area (Å²) in [5, 5.41) is 0. The van der Waals surface area contributed by atoms with Crippen molar-refractivity contribution in [1.82, 2.24) is 9.62 Å². The number of halogens is 1. The van der Waals surface area contributed by atoms with Gasteiger partial charge in [0.1, 0.15) is 30.2 Å². The Kier molecular flexibility index (Phi) is 8.40. The molecule has 2 aliphatic rings. The molecule has 1 fully saturated rings. The molecule has 0 radical (unpaired) electrons. The van der Waals surface area contributed by atoms with Crippen molar-refractivity contribution in [1.29, 1.82) is 0 Å². The highest BCUT2D eigenvalue weighted by Gasteiger charge is 2.40. The van der Waals surface area contributed by atoms with Crippen LogP contribution < -0.4 is 13.8 Å². The minimum Gasteiger partial charge on any atom is -0.487 e. The second kappa shape index (κ2) is 11.3. The van der Waals surface area contributed by atoms with Crippen molar-refractivity contribution in [3.05, 3.63) is 65.5 Å². The van der Waals surface area contributed by atoms with E-state index >= 15 is 4.39 Å². The summed E-state index contributed by atoms with van der Waals surface area (Å²) in [4.78, 5) is 26.8. The second-order valence-electron chi connectivity index (χ2n) is 12.6. The Hall–Kier alpha value is -3.60. The minimum absolute atomic E-state index is 0.00993. The first-order valence-corrected chi connectivity index (χ1v) is 15.0. The van der Waals surface area contributed by atoms with Gasteiger partial charge in [0.15, 0.2) is 5.82 Å².